The van der Waals surface area contributed by atoms with Gasteiger partial charge in [0, 0.05) is 18.6 Å². The maximum Gasteiger partial charge on any atom is 0.192 e. The molecule has 1 heterocycles. The van der Waals surface area contributed by atoms with Gasteiger partial charge in [-0.05, 0) is 12.2 Å². The second-order valence-corrected chi connectivity index (χ2v) is 2.79. The number of aryl methyl sites for hydroxylation is 1. The normalized spacial score (nSPS) is 9.91. The van der Waals surface area contributed by atoms with Crippen molar-refractivity contribution < 1.29 is 4.73 Å². The van der Waals surface area contributed by atoms with Crippen LogP contribution in [0.3, 0.4) is 0 Å². The molecule has 0 bridgehead atoms. The molecule has 0 aliphatic rings. The second kappa shape index (κ2) is 4.23. The van der Waals surface area contributed by atoms with Gasteiger partial charge in [-0.1, -0.05) is 6.07 Å². The minimum Gasteiger partial charge on any atom is -0.619 e. The van der Waals surface area contributed by atoms with Gasteiger partial charge in [0.05, 0.1) is 0 Å². The first-order chi connectivity index (χ1) is 5.34. The summed E-state index contributed by atoms with van der Waals surface area (Å²) in [6.07, 6.45) is 3.29. The fourth-order valence-electron chi connectivity index (χ4n) is 0.917. The van der Waals surface area contributed by atoms with Gasteiger partial charge in [-0.25, -0.2) is 0 Å². The maximum absolute atomic E-state index is 11.0. The molecule has 0 aliphatic carbocycles. The van der Waals surface area contributed by atoms with Crippen molar-refractivity contribution >= 4 is 12.6 Å². The molecule has 0 spiro atoms. The number of nitrogens with zero attached hydrogens (tertiary/aromatic N) is 1. The van der Waals surface area contributed by atoms with Gasteiger partial charge in [0.15, 0.2) is 11.9 Å². The number of thiol groups is 1. The van der Waals surface area contributed by atoms with Crippen LogP contribution in [0.5, 0.6) is 0 Å². The van der Waals surface area contributed by atoms with Crippen LogP contribution in [0, 0.1) is 5.21 Å². The Morgan fingerprint density at radius 2 is 2.27 bits per heavy atom. The van der Waals surface area contributed by atoms with Gasteiger partial charge in [-0.2, -0.15) is 17.4 Å². The zero-order valence-electron chi connectivity index (χ0n) is 6.23. The number of aromatic nitrogens is 1. The highest BCUT2D eigenvalue weighted by molar-refractivity contribution is 7.80. The Kier molecular flexibility index (Phi) is 3.23. The van der Waals surface area contributed by atoms with E-state index in [-0.39, 0.29) is 0 Å². The Morgan fingerprint density at radius 3 is 2.91 bits per heavy atom. The molecule has 0 atom stereocenters. The predicted octanol–water partition coefficient (Wildman–Crippen LogP) is 1.18. The third-order valence-electron chi connectivity index (χ3n) is 1.50. The van der Waals surface area contributed by atoms with Crippen LogP contribution >= 0.6 is 12.6 Å². The molecular weight excluding hydrogens is 158 g/mol. The van der Waals surface area contributed by atoms with Crippen molar-refractivity contribution in [1.82, 2.24) is 0 Å². The summed E-state index contributed by atoms with van der Waals surface area (Å²) in [5.74, 6) is 0.828. The van der Waals surface area contributed by atoms with E-state index >= 15 is 0 Å². The van der Waals surface area contributed by atoms with Gasteiger partial charge in [-0.15, -0.1) is 0 Å². The summed E-state index contributed by atoms with van der Waals surface area (Å²) >= 11 is 4.07. The highest BCUT2D eigenvalue weighted by Gasteiger charge is 2.00. The molecule has 0 saturated carbocycles. The van der Waals surface area contributed by atoms with Gasteiger partial charge < -0.3 is 5.21 Å². The van der Waals surface area contributed by atoms with E-state index < -0.39 is 0 Å². The average Bonchev–Trinajstić information content (AvgIpc) is 2.03. The summed E-state index contributed by atoms with van der Waals surface area (Å²) < 4.78 is 0.906. The molecule has 0 aliphatic heterocycles. The Labute approximate surface area is 71.9 Å². The summed E-state index contributed by atoms with van der Waals surface area (Å²) in [7, 11) is 0. The van der Waals surface area contributed by atoms with E-state index in [1.165, 1.54) is 6.20 Å². The van der Waals surface area contributed by atoms with E-state index in [2.05, 4.69) is 12.6 Å². The average molecular weight is 169 g/mol. The van der Waals surface area contributed by atoms with E-state index in [1.807, 2.05) is 12.1 Å². The van der Waals surface area contributed by atoms with Crippen LogP contribution in [0.15, 0.2) is 24.4 Å². The Bertz CT molecular complexity index is 227. The van der Waals surface area contributed by atoms with Crippen molar-refractivity contribution in [2.45, 2.75) is 12.8 Å². The lowest BCUT2D eigenvalue weighted by Crippen LogP contribution is -2.30. The lowest BCUT2D eigenvalue weighted by atomic mass is 10.2. The zero-order chi connectivity index (χ0) is 8.10. The summed E-state index contributed by atoms with van der Waals surface area (Å²) in [5, 5.41) is 11.0. The number of pyridine rings is 1. The lowest BCUT2D eigenvalue weighted by Gasteiger charge is -2.01. The quantitative estimate of drug-likeness (QED) is 0.410. The van der Waals surface area contributed by atoms with Crippen LogP contribution in [0.2, 0.25) is 0 Å². The number of hydrogen-bond acceptors (Lipinski definition) is 2. The van der Waals surface area contributed by atoms with Crippen molar-refractivity contribution in [2.24, 2.45) is 0 Å². The Balaban J connectivity index is 2.62. The van der Waals surface area contributed by atoms with E-state index in [1.54, 1.807) is 6.07 Å². The topological polar surface area (TPSA) is 26.9 Å². The molecule has 0 radical (unpaired) electrons. The summed E-state index contributed by atoms with van der Waals surface area (Å²) in [6.45, 7) is 0. The maximum atomic E-state index is 11.0. The van der Waals surface area contributed by atoms with Crippen molar-refractivity contribution in [2.75, 3.05) is 5.75 Å². The van der Waals surface area contributed by atoms with Gasteiger partial charge in [-0.3, -0.25) is 0 Å². The number of rotatable bonds is 3. The van der Waals surface area contributed by atoms with Gasteiger partial charge in [0.2, 0.25) is 0 Å². The monoisotopic (exact) mass is 169 g/mol. The minimum absolute atomic E-state index is 0.813. The number of hydrogen-bond donors (Lipinski definition) is 1. The molecule has 0 saturated heterocycles. The van der Waals surface area contributed by atoms with Crippen molar-refractivity contribution in [3.63, 3.8) is 0 Å². The molecule has 2 nitrogen and oxygen atoms in total. The molecule has 3 heteroatoms. The third kappa shape index (κ3) is 2.42. The molecule has 0 aromatic carbocycles. The van der Waals surface area contributed by atoms with Crippen molar-refractivity contribution in [3.05, 3.63) is 35.3 Å². The zero-order valence-corrected chi connectivity index (χ0v) is 7.13. The van der Waals surface area contributed by atoms with Crippen molar-refractivity contribution in [1.29, 1.82) is 0 Å². The SMILES string of the molecule is [O-][n+]1ccccc1CCCS. The molecular formula is C8H11NOS. The highest BCUT2D eigenvalue weighted by Crippen LogP contribution is 1.96. The van der Waals surface area contributed by atoms with E-state index in [0.717, 1.165) is 29.0 Å². The van der Waals surface area contributed by atoms with Gasteiger partial charge in [0.1, 0.15) is 0 Å². The second-order valence-electron chi connectivity index (χ2n) is 2.34. The van der Waals surface area contributed by atoms with Crippen LogP contribution in [-0.4, -0.2) is 5.75 Å². The van der Waals surface area contributed by atoms with Crippen LogP contribution in [0.1, 0.15) is 12.1 Å². The summed E-state index contributed by atoms with van der Waals surface area (Å²) in [5.41, 5.74) is 0.821. The fourth-order valence-corrected chi connectivity index (χ4v) is 1.08. The standard InChI is InChI=1S/C8H11NOS/c10-9-6-2-1-4-8(9)5-3-7-11/h1-2,4,6,11H,3,5,7H2. The smallest absolute Gasteiger partial charge is 0.192 e. The molecule has 0 fully saturated rings. The van der Waals surface area contributed by atoms with Crippen LogP contribution in [0.4, 0.5) is 0 Å². The lowest BCUT2D eigenvalue weighted by molar-refractivity contribution is -0.614. The molecule has 1 rings (SSSR count). The predicted molar refractivity (Wildman–Crippen MR) is 47.6 cm³/mol. The van der Waals surface area contributed by atoms with Crippen LogP contribution in [-0.2, 0) is 6.42 Å². The van der Waals surface area contributed by atoms with Gasteiger partial charge in [0.25, 0.3) is 0 Å². The minimum atomic E-state index is 0.813. The first-order valence-electron chi connectivity index (χ1n) is 3.62. The van der Waals surface area contributed by atoms with Crippen LogP contribution < -0.4 is 4.73 Å². The molecule has 0 amide bonds. The van der Waals surface area contributed by atoms with E-state index in [9.17, 15) is 5.21 Å². The van der Waals surface area contributed by atoms with Crippen molar-refractivity contribution in [3.8, 4) is 0 Å². The summed E-state index contributed by atoms with van der Waals surface area (Å²) in [6, 6.07) is 5.45. The first kappa shape index (κ1) is 8.40. The fraction of sp³-hybridized carbons (Fsp3) is 0.375. The third-order valence-corrected chi connectivity index (χ3v) is 1.81. The van der Waals surface area contributed by atoms with E-state index in [4.69, 9.17) is 0 Å². The molecule has 0 unspecified atom stereocenters. The molecule has 0 N–H and O–H groups in total. The first-order valence-corrected chi connectivity index (χ1v) is 4.26. The summed E-state index contributed by atoms with van der Waals surface area (Å²) in [4.78, 5) is 0. The Hall–Kier alpha value is -0.700. The van der Waals surface area contributed by atoms with Gasteiger partial charge >= 0.3 is 0 Å². The van der Waals surface area contributed by atoms with E-state index in [0.29, 0.717) is 0 Å². The molecule has 1 aromatic rings. The molecule has 11 heavy (non-hydrogen) atoms. The molecule has 60 valence electrons. The highest BCUT2D eigenvalue weighted by atomic mass is 32.1. The van der Waals surface area contributed by atoms with Crippen LogP contribution in [0.25, 0.3) is 0 Å². The Morgan fingerprint density at radius 1 is 1.45 bits per heavy atom. The largest absolute Gasteiger partial charge is 0.619 e. The molecule has 1 aromatic heterocycles.